The summed E-state index contributed by atoms with van der Waals surface area (Å²) in [7, 11) is 0. The van der Waals surface area contributed by atoms with Crippen molar-refractivity contribution in [3.63, 3.8) is 0 Å². The van der Waals surface area contributed by atoms with Gasteiger partial charge in [0.15, 0.2) is 5.13 Å². The quantitative estimate of drug-likeness (QED) is 0.537. The Morgan fingerprint density at radius 2 is 1.88 bits per heavy atom. The number of nitrogens with zero attached hydrogens (tertiary/aromatic N) is 2. The maximum Gasteiger partial charge on any atom is 0.408 e. The molecule has 32 heavy (non-hydrogen) atoms. The predicted molar refractivity (Wildman–Crippen MR) is 119 cm³/mol. The zero-order valence-corrected chi connectivity index (χ0v) is 18.8. The fraction of sp³-hybridized carbons (Fsp3) is 0.429. The van der Waals surface area contributed by atoms with Crippen molar-refractivity contribution in [1.29, 1.82) is 0 Å². The first-order valence-corrected chi connectivity index (χ1v) is 11.2. The Labute approximate surface area is 190 Å². The molecule has 172 valence electrons. The van der Waals surface area contributed by atoms with Gasteiger partial charge in [-0.2, -0.15) is 0 Å². The minimum absolute atomic E-state index is 0.0884. The normalized spacial score (nSPS) is 14.5. The molecule has 10 nitrogen and oxygen atoms in total. The number of alkyl carbamates (subject to hydrolysis) is 1. The van der Waals surface area contributed by atoms with Crippen LogP contribution < -0.4 is 21.1 Å². The third-order valence-electron chi connectivity index (χ3n) is 4.74. The molecule has 0 spiro atoms. The molecule has 1 unspecified atom stereocenters. The molecular weight excluding hydrogens is 434 g/mol. The Morgan fingerprint density at radius 3 is 2.56 bits per heavy atom. The predicted octanol–water partition coefficient (Wildman–Crippen LogP) is 1.69. The molecule has 1 saturated heterocycles. The van der Waals surface area contributed by atoms with E-state index >= 15 is 0 Å². The number of aromatic nitrogens is 1. The molecule has 2 aromatic rings. The highest BCUT2D eigenvalue weighted by Gasteiger charge is 2.26. The monoisotopic (exact) mass is 461 g/mol. The van der Waals surface area contributed by atoms with Gasteiger partial charge in [0.25, 0.3) is 11.8 Å². The number of ether oxygens (including phenoxy) is 2. The summed E-state index contributed by atoms with van der Waals surface area (Å²) in [6, 6.07) is 8.33. The molecule has 11 heteroatoms. The van der Waals surface area contributed by atoms with Gasteiger partial charge in [-0.15, -0.1) is 11.3 Å². The van der Waals surface area contributed by atoms with Crippen LogP contribution in [0.4, 0.5) is 9.93 Å². The second-order valence-corrected chi connectivity index (χ2v) is 8.32. The summed E-state index contributed by atoms with van der Waals surface area (Å²) in [5.74, 6) is -1.33. The topological polar surface area (TPSA) is 122 Å². The van der Waals surface area contributed by atoms with Crippen molar-refractivity contribution in [2.45, 2.75) is 26.5 Å². The van der Waals surface area contributed by atoms with Crippen molar-refractivity contribution in [3.05, 3.63) is 47.0 Å². The minimum atomic E-state index is -0.891. The summed E-state index contributed by atoms with van der Waals surface area (Å²) in [6.45, 7) is 6.31. The molecule has 0 aliphatic carbocycles. The molecule has 0 radical (unpaired) electrons. The molecule has 3 N–H and O–H groups in total. The van der Waals surface area contributed by atoms with Gasteiger partial charge in [0.2, 0.25) is 0 Å². The molecular formula is C21H27N5O5S. The minimum Gasteiger partial charge on any atom is -0.445 e. The fourth-order valence-corrected chi connectivity index (χ4v) is 3.81. The zero-order chi connectivity index (χ0) is 22.9. The van der Waals surface area contributed by atoms with E-state index in [9.17, 15) is 14.4 Å². The van der Waals surface area contributed by atoms with E-state index in [-0.39, 0.29) is 18.2 Å². The molecule has 1 aromatic carbocycles. The van der Waals surface area contributed by atoms with E-state index in [1.165, 1.54) is 11.3 Å². The van der Waals surface area contributed by atoms with Crippen molar-refractivity contribution in [2.75, 3.05) is 31.2 Å². The summed E-state index contributed by atoms with van der Waals surface area (Å²) >= 11 is 1.35. The number of benzene rings is 1. The molecule has 1 atom stereocenters. The number of hydrogen-bond acceptors (Lipinski definition) is 8. The number of anilines is 1. The lowest BCUT2D eigenvalue weighted by Gasteiger charge is -2.25. The van der Waals surface area contributed by atoms with Crippen molar-refractivity contribution in [3.8, 4) is 0 Å². The lowest BCUT2D eigenvalue weighted by molar-refractivity contribution is -0.124. The van der Waals surface area contributed by atoms with Gasteiger partial charge in [0.05, 0.1) is 13.2 Å². The Kier molecular flexibility index (Phi) is 8.40. The number of amides is 3. The van der Waals surface area contributed by atoms with Crippen LogP contribution in [-0.2, 0) is 20.9 Å². The molecule has 1 aliphatic heterocycles. The van der Waals surface area contributed by atoms with E-state index in [0.29, 0.717) is 26.3 Å². The average molecular weight is 462 g/mol. The third kappa shape index (κ3) is 6.66. The third-order valence-corrected chi connectivity index (χ3v) is 5.64. The van der Waals surface area contributed by atoms with Gasteiger partial charge in [-0.05, 0) is 11.5 Å². The SMILES string of the molecule is CC(C)C(NC(=O)OCc1ccccc1)C(=O)NNC(=O)c1csc(N2CCOCC2)n1. The first-order chi connectivity index (χ1) is 15.4. The standard InChI is InChI=1S/C21H27N5O5S/c1-14(2)17(23-21(29)31-12-15-6-4-3-5-7-15)19(28)25-24-18(27)16-13-32-20(22-16)26-8-10-30-11-9-26/h3-7,13-14,17H,8-12H2,1-2H3,(H,23,29)(H,24,27)(H,25,28). The second kappa shape index (κ2) is 11.4. The molecule has 3 amide bonds. The lowest BCUT2D eigenvalue weighted by Crippen LogP contribution is -2.54. The fourth-order valence-electron chi connectivity index (χ4n) is 2.96. The Balaban J connectivity index is 1.48. The highest BCUT2D eigenvalue weighted by molar-refractivity contribution is 7.13. The van der Waals surface area contributed by atoms with Crippen LogP contribution in [-0.4, -0.2) is 55.2 Å². The second-order valence-electron chi connectivity index (χ2n) is 7.49. The van der Waals surface area contributed by atoms with Crippen molar-refractivity contribution in [1.82, 2.24) is 21.2 Å². The van der Waals surface area contributed by atoms with E-state index in [1.807, 2.05) is 35.2 Å². The smallest absolute Gasteiger partial charge is 0.408 e. The van der Waals surface area contributed by atoms with Crippen LogP contribution in [0.2, 0.25) is 0 Å². The highest BCUT2D eigenvalue weighted by Crippen LogP contribution is 2.21. The number of rotatable bonds is 7. The van der Waals surface area contributed by atoms with E-state index in [0.717, 1.165) is 10.7 Å². The van der Waals surface area contributed by atoms with Gasteiger partial charge >= 0.3 is 6.09 Å². The van der Waals surface area contributed by atoms with Gasteiger partial charge in [-0.1, -0.05) is 44.2 Å². The molecule has 0 bridgehead atoms. The van der Waals surface area contributed by atoms with Crippen LogP contribution in [0.25, 0.3) is 0 Å². The van der Waals surface area contributed by atoms with Gasteiger partial charge in [0.1, 0.15) is 18.3 Å². The average Bonchev–Trinajstić information content (AvgIpc) is 3.31. The van der Waals surface area contributed by atoms with Gasteiger partial charge in [-0.25, -0.2) is 9.78 Å². The van der Waals surface area contributed by atoms with E-state index in [1.54, 1.807) is 19.2 Å². The first-order valence-electron chi connectivity index (χ1n) is 10.3. The largest absolute Gasteiger partial charge is 0.445 e. The molecule has 1 aliphatic rings. The van der Waals surface area contributed by atoms with Crippen molar-refractivity contribution in [2.24, 2.45) is 5.92 Å². The Bertz CT molecular complexity index is 914. The number of carbonyl (C=O) groups is 3. The van der Waals surface area contributed by atoms with Crippen molar-refractivity contribution >= 4 is 34.4 Å². The van der Waals surface area contributed by atoms with E-state index in [4.69, 9.17) is 9.47 Å². The number of nitrogens with one attached hydrogen (secondary N) is 3. The molecule has 3 rings (SSSR count). The van der Waals surface area contributed by atoms with Crippen LogP contribution in [0, 0.1) is 5.92 Å². The van der Waals surface area contributed by atoms with Crippen LogP contribution in [0.15, 0.2) is 35.7 Å². The van der Waals surface area contributed by atoms with Gasteiger partial charge in [0, 0.05) is 18.5 Å². The van der Waals surface area contributed by atoms with Gasteiger partial charge < -0.3 is 19.7 Å². The molecule has 1 fully saturated rings. The lowest BCUT2D eigenvalue weighted by atomic mass is 10.0. The summed E-state index contributed by atoms with van der Waals surface area (Å²) in [5, 5.41) is 4.90. The van der Waals surface area contributed by atoms with Crippen LogP contribution in [0.1, 0.15) is 29.9 Å². The first kappa shape index (κ1) is 23.5. The van der Waals surface area contributed by atoms with E-state index < -0.39 is 23.9 Å². The van der Waals surface area contributed by atoms with E-state index in [2.05, 4.69) is 21.2 Å². The highest BCUT2D eigenvalue weighted by atomic mass is 32.1. The Morgan fingerprint density at radius 1 is 1.16 bits per heavy atom. The maximum absolute atomic E-state index is 12.5. The zero-order valence-electron chi connectivity index (χ0n) is 18.0. The summed E-state index contributed by atoms with van der Waals surface area (Å²) in [4.78, 5) is 43.4. The van der Waals surface area contributed by atoms with Crippen LogP contribution in [0.3, 0.4) is 0 Å². The summed E-state index contributed by atoms with van der Waals surface area (Å²) in [5.41, 5.74) is 5.74. The molecule has 1 aromatic heterocycles. The van der Waals surface area contributed by atoms with Crippen LogP contribution >= 0.6 is 11.3 Å². The molecule has 2 heterocycles. The van der Waals surface area contributed by atoms with Crippen molar-refractivity contribution < 1.29 is 23.9 Å². The summed E-state index contributed by atoms with van der Waals surface area (Å²) < 4.78 is 10.5. The number of hydrazine groups is 1. The summed E-state index contributed by atoms with van der Waals surface area (Å²) in [6.07, 6.45) is -0.719. The maximum atomic E-state index is 12.5. The number of morpholine rings is 1. The van der Waals surface area contributed by atoms with Gasteiger partial charge in [-0.3, -0.25) is 20.4 Å². The van der Waals surface area contributed by atoms with Crippen LogP contribution in [0.5, 0.6) is 0 Å². The number of hydrogen-bond donors (Lipinski definition) is 3. The number of thiazole rings is 1. The number of carbonyl (C=O) groups excluding carboxylic acids is 3. The Hall–Kier alpha value is -3.18. The molecule has 0 saturated carbocycles.